The zero-order valence-corrected chi connectivity index (χ0v) is 9.26. The summed E-state index contributed by atoms with van der Waals surface area (Å²) in [5, 5.41) is 3.85. The maximum Gasteiger partial charge on any atom is 0.341 e. The van der Waals surface area contributed by atoms with Gasteiger partial charge in [-0.2, -0.15) is 5.10 Å². The van der Waals surface area contributed by atoms with Crippen molar-refractivity contribution < 1.29 is 19.1 Å². The van der Waals surface area contributed by atoms with Gasteiger partial charge in [0, 0.05) is 7.05 Å². The number of methoxy groups -OCH3 is 2. The van der Waals surface area contributed by atoms with E-state index in [1.807, 2.05) is 0 Å². The number of hydrogen-bond donors (Lipinski definition) is 1. The lowest BCUT2D eigenvalue weighted by atomic mass is 10.1. The van der Waals surface area contributed by atoms with Crippen LogP contribution in [0.3, 0.4) is 0 Å². The topological polar surface area (TPSA) is 96.4 Å². The first-order chi connectivity index (χ1) is 7.52. The second-order valence-corrected chi connectivity index (χ2v) is 3.06. The number of carbonyl (C=O) groups is 2. The van der Waals surface area contributed by atoms with E-state index in [1.165, 1.54) is 25.1 Å². The minimum atomic E-state index is -1.06. The summed E-state index contributed by atoms with van der Waals surface area (Å²) in [7, 11) is 4.03. The summed E-state index contributed by atoms with van der Waals surface area (Å²) in [6, 6.07) is -1.06. The lowest BCUT2D eigenvalue weighted by molar-refractivity contribution is -0.142. The van der Waals surface area contributed by atoms with Gasteiger partial charge in [0.1, 0.15) is 11.6 Å². The summed E-state index contributed by atoms with van der Waals surface area (Å²) >= 11 is 0. The van der Waals surface area contributed by atoms with Gasteiger partial charge in [0.15, 0.2) is 0 Å². The molecule has 0 fully saturated rings. The van der Waals surface area contributed by atoms with Crippen molar-refractivity contribution >= 4 is 11.9 Å². The van der Waals surface area contributed by atoms with E-state index in [0.29, 0.717) is 0 Å². The molecule has 2 N–H and O–H groups in total. The molecule has 0 aliphatic heterocycles. The first kappa shape index (κ1) is 12.2. The Labute approximate surface area is 92.1 Å². The van der Waals surface area contributed by atoms with Gasteiger partial charge in [0.2, 0.25) is 0 Å². The Morgan fingerprint density at radius 2 is 2.06 bits per heavy atom. The van der Waals surface area contributed by atoms with Crippen molar-refractivity contribution in [1.29, 1.82) is 0 Å². The van der Waals surface area contributed by atoms with E-state index in [2.05, 4.69) is 14.6 Å². The molecular formula is C9H13N3O4. The summed E-state index contributed by atoms with van der Waals surface area (Å²) in [5.41, 5.74) is 6.06. The highest BCUT2D eigenvalue weighted by Crippen LogP contribution is 2.17. The van der Waals surface area contributed by atoms with Gasteiger partial charge in [-0.3, -0.25) is 4.68 Å². The first-order valence-corrected chi connectivity index (χ1v) is 4.46. The van der Waals surface area contributed by atoms with Gasteiger partial charge in [-0.25, -0.2) is 9.59 Å². The minimum absolute atomic E-state index is 0.155. The summed E-state index contributed by atoms with van der Waals surface area (Å²) in [6.45, 7) is 0. The second-order valence-electron chi connectivity index (χ2n) is 3.06. The maximum absolute atomic E-state index is 11.4. The number of esters is 2. The van der Waals surface area contributed by atoms with Crippen molar-refractivity contribution in [2.24, 2.45) is 12.8 Å². The van der Waals surface area contributed by atoms with Crippen LogP contribution in [-0.4, -0.2) is 35.9 Å². The van der Waals surface area contributed by atoms with Crippen LogP contribution in [0.1, 0.15) is 22.1 Å². The Kier molecular flexibility index (Phi) is 3.62. The second kappa shape index (κ2) is 4.75. The van der Waals surface area contributed by atoms with E-state index in [1.54, 1.807) is 7.05 Å². The fourth-order valence-electron chi connectivity index (χ4n) is 1.32. The normalized spacial score (nSPS) is 12.0. The highest BCUT2D eigenvalue weighted by Gasteiger charge is 2.27. The summed E-state index contributed by atoms with van der Waals surface area (Å²) < 4.78 is 10.4. The molecule has 0 aliphatic rings. The van der Waals surface area contributed by atoms with E-state index in [4.69, 9.17) is 5.73 Å². The fraction of sp³-hybridized carbons (Fsp3) is 0.444. The number of nitrogens with two attached hydrogens (primary N) is 1. The van der Waals surface area contributed by atoms with Crippen LogP contribution in [0.15, 0.2) is 6.20 Å². The maximum atomic E-state index is 11.4. The Hall–Kier alpha value is -1.89. The molecule has 1 atom stereocenters. The third-order valence-corrected chi connectivity index (χ3v) is 2.14. The SMILES string of the molecule is COC(=O)c1cnn(C)c1C(N)C(=O)OC. The number of ether oxygens (including phenoxy) is 2. The molecule has 16 heavy (non-hydrogen) atoms. The zero-order chi connectivity index (χ0) is 12.3. The number of rotatable bonds is 3. The van der Waals surface area contributed by atoms with E-state index < -0.39 is 18.0 Å². The number of nitrogens with zero attached hydrogens (tertiary/aromatic N) is 2. The van der Waals surface area contributed by atoms with Crippen LogP contribution in [0, 0.1) is 0 Å². The molecule has 0 amide bonds. The van der Waals surface area contributed by atoms with E-state index in [-0.39, 0.29) is 11.3 Å². The largest absolute Gasteiger partial charge is 0.468 e. The Morgan fingerprint density at radius 3 is 2.56 bits per heavy atom. The average Bonchev–Trinajstić information content (AvgIpc) is 2.68. The van der Waals surface area contributed by atoms with E-state index in [9.17, 15) is 9.59 Å². The predicted molar refractivity (Wildman–Crippen MR) is 53.5 cm³/mol. The van der Waals surface area contributed by atoms with Gasteiger partial charge in [-0.05, 0) is 0 Å². The number of aryl methyl sites for hydroxylation is 1. The predicted octanol–water partition coefficient (Wildman–Crippen LogP) is -0.620. The standard InChI is InChI=1S/C9H13N3O4/c1-12-7(6(10)9(14)16-3)5(4-11-12)8(13)15-2/h4,6H,10H2,1-3H3. The molecule has 7 heteroatoms. The van der Waals surface area contributed by atoms with Gasteiger partial charge in [-0.1, -0.05) is 0 Å². The molecule has 0 saturated carbocycles. The molecule has 1 aromatic heterocycles. The first-order valence-electron chi connectivity index (χ1n) is 4.46. The molecule has 0 bridgehead atoms. The molecule has 0 spiro atoms. The minimum Gasteiger partial charge on any atom is -0.468 e. The smallest absolute Gasteiger partial charge is 0.341 e. The fourth-order valence-corrected chi connectivity index (χ4v) is 1.32. The van der Waals surface area contributed by atoms with E-state index in [0.717, 1.165) is 0 Å². The number of carbonyl (C=O) groups excluding carboxylic acids is 2. The van der Waals surface area contributed by atoms with Crippen LogP contribution in [0.4, 0.5) is 0 Å². The Morgan fingerprint density at radius 1 is 1.44 bits per heavy atom. The molecule has 1 unspecified atom stereocenters. The van der Waals surface area contributed by atoms with Gasteiger partial charge in [0.25, 0.3) is 0 Å². The van der Waals surface area contributed by atoms with Crippen molar-refractivity contribution in [1.82, 2.24) is 9.78 Å². The lowest BCUT2D eigenvalue weighted by Gasteiger charge is -2.11. The summed E-state index contributed by atoms with van der Waals surface area (Å²) in [4.78, 5) is 22.7. The van der Waals surface area contributed by atoms with Crippen LogP contribution in [0.5, 0.6) is 0 Å². The van der Waals surface area contributed by atoms with Crippen molar-refractivity contribution in [3.63, 3.8) is 0 Å². The van der Waals surface area contributed by atoms with Crippen molar-refractivity contribution in [3.05, 3.63) is 17.5 Å². The molecule has 0 aliphatic carbocycles. The molecule has 1 heterocycles. The highest BCUT2D eigenvalue weighted by molar-refractivity contribution is 5.92. The summed E-state index contributed by atoms with van der Waals surface area (Å²) in [6.07, 6.45) is 1.30. The lowest BCUT2D eigenvalue weighted by Crippen LogP contribution is -2.27. The van der Waals surface area contributed by atoms with Crippen LogP contribution >= 0.6 is 0 Å². The monoisotopic (exact) mass is 227 g/mol. The third-order valence-electron chi connectivity index (χ3n) is 2.14. The van der Waals surface area contributed by atoms with E-state index >= 15 is 0 Å². The van der Waals surface area contributed by atoms with Crippen LogP contribution in [-0.2, 0) is 21.3 Å². The number of hydrogen-bond acceptors (Lipinski definition) is 6. The van der Waals surface area contributed by atoms with Gasteiger partial charge >= 0.3 is 11.9 Å². The van der Waals surface area contributed by atoms with Crippen molar-refractivity contribution in [2.45, 2.75) is 6.04 Å². The molecule has 0 aromatic carbocycles. The molecule has 1 rings (SSSR count). The van der Waals surface area contributed by atoms with Crippen LogP contribution in [0.25, 0.3) is 0 Å². The third kappa shape index (κ3) is 2.03. The average molecular weight is 227 g/mol. The molecule has 88 valence electrons. The van der Waals surface area contributed by atoms with Crippen molar-refractivity contribution in [2.75, 3.05) is 14.2 Å². The zero-order valence-electron chi connectivity index (χ0n) is 9.26. The molecule has 1 aromatic rings. The molecule has 7 nitrogen and oxygen atoms in total. The van der Waals surface area contributed by atoms with Gasteiger partial charge in [0.05, 0.1) is 26.1 Å². The Bertz CT molecular complexity index is 413. The Balaban J connectivity index is 3.16. The quantitative estimate of drug-likeness (QED) is 0.691. The number of aromatic nitrogens is 2. The van der Waals surface area contributed by atoms with Crippen LogP contribution in [0.2, 0.25) is 0 Å². The molecular weight excluding hydrogens is 214 g/mol. The van der Waals surface area contributed by atoms with Gasteiger partial charge in [-0.15, -0.1) is 0 Å². The summed E-state index contributed by atoms with van der Waals surface area (Å²) in [5.74, 6) is -1.24. The highest BCUT2D eigenvalue weighted by atomic mass is 16.5. The molecule has 0 radical (unpaired) electrons. The van der Waals surface area contributed by atoms with Gasteiger partial charge < -0.3 is 15.2 Å². The molecule has 0 saturated heterocycles. The van der Waals surface area contributed by atoms with Crippen LogP contribution < -0.4 is 5.73 Å². The van der Waals surface area contributed by atoms with Crippen molar-refractivity contribution in [3.8, 4) is 0 Å².